The van der Waals surface area contributed by atoms with E-state index in [-0.39, 0.29) is 6.61 Å². The van der Waals surface area contributed by atoms with Crippen LogP contribution in [0.2, 0.25) is 0 Å². The topological polar surface area (TPSA) is 84.1 Å². The van der Waals surface area contributed by atoms with Gasteiger partial charge in [-0.1, -0.05) is 12.8 Å². The van der Waals surface area contributed by atoms with Gasteiger partial charge < -0.3 is 16.2 Å². The molecule has 1 saturated carbocycles. The molecule has 0 spiro atoms. The number of aliphatic hydroxyl groups excluding tert-OH is 1. The molecule has 0 amide bonds. The van der Waals surface area contributed by atoms with E-state index in [1.807, 2.05) is 0 Å². The summed E-state index contributed by atoms with van der Waals surface area (Å²) < 4.78 is 0. The highest BCUT2D eigenvalue weighted by atomic mass is 16.3. The van der Waals surface area contributed by atoms with Crippen LogP contribution in [0.25, 0.3) is 0 Å². The fourth-order valence-corrected chi connectivity index (χ4v) is 2.47. The molecule has 2 atom stereocenters. The van der Waals surface area contributed by atoms with Gasteiger partial charge in [-0.25, -0.2) is 4.98 Å². The molecule has 1 aliphatic carbocycles. The van der Waals surface area contributed by atoms with Gasteiger partial charge in [0, 0.05) is 19.3 Å². The Morgan fingerprint density at radius 3 is 2.82 bits per heavy atom. The number of aliphatic hydroxyl groups is 1. The minimum absolute atomic E-state index is 0.282. The molecule has 2 rings (SSSR count). The lowest BCUT2D eigenvalue weighted by molar-refractivity contribution is 0.141. The van der Waals surface area contributed by atoms with E-state index in [4.69, 9.17) is 5.73 Å². The van der Waals surface area contributed by atoms with Crippen LogP contribution in [0.5, 0.6) is 0 Å². The van der Waals surface area contributed by atoms with Crippen LogP contribution in [0.15, 0.2) is 12.3 Å². The summed E-state index contributed by atoms with van der Waals surface area (Å²) in [6, 6.07) is 1.67. The minimum Gasteiger partial charge on any atom is -0.396 e. The minimum atomic E-state index is 0.282. The van der Waals surface area contributed by atoms with Crippen LogP contribution in [0.3, 0.4) is 0 Å². The highest BCUT2D eigenvalue weighted by molar-refractivity contribution is 5.34. The van der Waals surface area contributed by atoms with Gasteiger partial charge >= 0.3 is 0 Å². The maximum Gasteiger partial charge on any atom is 0.224 e. The first kappa shape index (κ1) is 12.1. The molecule has 0 radical (unpaired) electrons. The maximum atomic E-state index is 9.32. The normalized spacial score (nSPS) is 24.5. The Morgan fingerprint density at radius 2 is 2.12 bits per heavy atom. The molecular weight excluding hydrogens is 216 g/mol. The first-order chi connectivity index (χ1) is 8.29. The number of rotatable bonds is 4. The van der Waals surface area contributed by atoms with Gasteiger partial charge in [0.15, 0.2) is 0 Å². The summed E-state index contributed by atoms with van der Waals surface area (Å²) >= 11 is 0. The number of hydrogen-bond donors (Lipinski definition) is 3. The Balaban J connectivity index is 1.88. The van der Waals surface area contributed by atoms with Gasteiger partial charge in [0.1, 0.15) is 5.82 Å². The maximum absolute atomic E-state index is 9.32. The summed E-state index contributed by atoms with van der Waals surface area (Å²) in [5.41, 5.74) is 5.59. The van der Waals surface area contributed by atoms with Crippen molar-refractivity contribution in [3.8, 4) is 0 Å². The van der Waals surface area contributed by atoms with Gasteiger partial charge in [-0.2, -0.15) is 4.98 Å². The summed E-state index contributed by atoms with van der Waals surface area (Å²) in [5.74, 6) is 1.98. The molecule has 5 nitrogen and oxygen atoms in total. The molecule has 5 heteroatoms. The average molecular weight is 236 g/mol. The highest BCUT2D eigenvalue weighted by Crippen LogP contribution is 2.29. The van der Waals surface area contributed by atoms with Crippen LogP contribution in [-0.4, -0.2) is 28.2 Å². The molecule has 4 N–H and O–H groups in total. The second kappa shape index (κ2) is 5.82. The van der Waals surface area contributed by atoms with Crippen LogP contribution in [-0.2, 0) is 0 Å². The lowest BCUT2D eigenvalue weighted by atomic mass is 9.80. The van der Waals surface area contributed by atoms with Crippen LogP contribution < -0.4 is 11.1 Å². The van der Waals surface area contributed by atoms with E-state index in [9.17, 15) is 5.11 Å². The lowest BCUT2D eigenvalue weighted by Crippen LogP contribution is -2.29. The third-order valence-electron chi connectivity index (χ3n) is 3.50. The molecule has 0 bridgehead atoms. The summed E-state index contributed by atoms with van der Waals surface area (Å²) in [6.07, 6.45) is 6.42. The van der Waals surface area contributed by atoms with E-state index >= 15 is 0 Å². The monoisotopic (exact) mass is 236 g/mol. The van der Waals surface area contributed by atoms with Crippen molar-refractivity contribution < 1.29 is 5.11 Å². The number of hydrogen-bond acceptors (Lipinski definition) is 5. The van der Waals surface area contributed by atoms with Crippen molar-refractivity contribution in [1.82, 2.24) is 9.97 Å². The fourth-order valence-electron chi connectivity index (χ4n) is 2.47. The predicted molar refractivity (Wildman–Crippen MR) is 67.5 cm³/mol. The second-order valence-electron chi connectivity index (χ2n) is 4.67. The Labute approximate surface area is 101 Å². The van der Waals surface area contributed by atoms with Crippen molar-refractivity contribution in [3.63, 3.8) is 0 Å². The van der Waals surface area contributed by atoms with Gasteiger partial charge in [0.05, 0.1) is 0 Å². The van der Waals surface area contributed by atoms with Crippen LogP contribution >= 0.6 is 0 Å². The van der Waals surface area contributed by atoms with Crippen molar-refractivity contribution >= 4 is 11.8 Å². The Kier molecular flexibility index (Phi) is 4.14. The number of nitrogens with zero attached hydrogens (tertiary/aromatic N) is 2. The van der Waals surface area contributed by atoms with Crippen molar-refractivity contribution in [2.24, 2.45) is 11.8 Å². The molecule has 94 valence electrons. The third kappa shape index (κ3) is 3.30. The Hall–Kier alpha value is -1.36. The van der Waals surface area contributed by atoms with Crippen LogP contribution in [0.1, 0.15) is 25.7 Å². The van der Waals surface area contributed by atoms with Crippen LogP contribution in [0, 0.1) is 11.8 Å². The second-order valence-corrected chi connectivity index (χ2v) is 4.67. The molecule has 1 aromatic heterocycles. The van der Waals surface area contributed by atoms with Crippen molar-refractivity contribution in [2.75, 3.05) is 24.2 Å². The number of nitrogen functional groups attached to an aromatic ring is 1. The van der Waals surface area contributed by atoms with Crippen molar-refractivity contribution in [3.05, 3.63) is 12.3 Å². The molecule has 0 saturated heterocycles. The van der Waals surface area contributed by atoms with Crippen LogP contribution in [0.4, 0.5) is 11.8 Å². The van der Waals surface area contributed by atoms with Gasteiger partial charge in [-0.15, -0.1) is 0 Å². The zero-order valence-electron chi connectivity index (χ0n) is 9.97. The Bertz CT molecular complexity index is 358. The molecule has 17 heavy (non-hydrogen) atoms. The molecular formula is C12H20N4O. The van der Waals surface area contributed by atoms with E-state index in [1.54, 1.807) is 12.3 Å². The third-order valence-corrected chi connectivity index (χ3v) is 3.50. The van der Waals surface area contributed by atoms with Gasteiger partial charge in [-0.3, -0.25) is 0 Å². The molecule has 2 unspecified atom stereocenters. The molecule has 1 aromatic rings. The molecule has 1 fully saturated rings. The summed E-state index contributed by atoms with van der Waals surface area (Å²) in [5, 5.41) is 12.5. The summed E-state index contributed by atoms with van der Waals surface area (Å²) in [6.45, 7) is 1.10. The van der Waals surface area contributed by atoms with E-state index < -0.39 is 0 Å². The number of nitrogens with two attached hydrogens (primary N) is 1. The first-order valence-corrected chi connectivity index (χ1v) is 6.23. The molecule has 0 aliphatic heterocycles. The fraction of sp³-hybridized carbons (Fsp3) is 0.667. The zero-order chi connectivity index (χ0) is 12.1. The molecule has 1 aliphatic rings. The average Bonchev–Trinajstić information content (AvgIpc) is 2.37. The number of aromatic nitrogens is 2. The van der Waals surface area contributed by atoms with Crippen molar-refractivity contribution in [1.29, 1.82) is 0 Å². The standard InChI is InChI=1S/C12H20N4O/c13-11-5-6-14-12(16-11)15-7-9-3-1-2-4-10(9)8-17/h5-6,9-10,17H,1-4,7-8H2,(H3,13,14,15,16). The lowest BCUT2D eigenvalue weighted by Gasteiger charge is -2.30. The molecule has 0 aromatic carbocycles. The molecule has 1 heterocycles. The van der Waals surface area contributed by atoms with Gasteiger partial charge in [0.25, 0.3) is 0 Å². The van der Waals surface area contributed by atoms with Gasteiger partial charge in [0.2, 0.25) is 5.95 Å². The number of nitrogens with one attached hydrogen (secondary N) is 1. The number of anilines is 2. The van der Waals surface area contributed by atoms with E-state index in [0.29, 0.717) is 23.6 Å². The smallest absolute Gasteiger partial charge is 0.224 e. The highest BCUT2D eigenvalue weighted by Gasteiger charge is 2.24. The van der Waals surface area contributed by atoms with E-state index in [1.165, 1.54) is 19.3 Å². The first-order valence-electron chi connectivity index (χ1n) is 6.23. The summed E-state index contributed by atoms with van der Waals surface area (Å²) in [7, 11) is 0. The van der Waals surface area contributed by atoms with E-state index in [2.05, 4.69) is 15.3 Å². The zero-order valence-corrected chi connectivity index (χ0v) is 9.97. The quantitative estimate of drug-likeness (QED) is 0.733. The SMILES string of the molecule is Nc1ccnc(NCC2CCCCC2CO)n1. The largest absolute Gasteiger partial charge is 0.396 e. The van der Waals surface area contributed by atoms with E-state index in [0.717, 1.165) is 13.0 Å². The Morgan fingerprint density at radius 1 is 1.35 bits per heavy atom. The van der Waals surface area contributed by atoms with Gasteiger partial charge in [-0.05, 0) is 30.7 Å². The van der Waals surface area contributed by atoms with Crippen molar-refractivity contribution in [2.45, 2.75) is 25.7 Å². The predicted octanol–water partition coefficient (Wildman–Crippen LogP) is 1.27. The summed E-state index contributed by atoms with van der Waals surface area (Å²) in [4.78, 5) is 8.21.